The van der Waals surface area contributed by atoms with Crippen LogP contribution in [0.1, 0.15) is 40.0 Å². The lowest BCUT2D eigenvalue weighted by Crippen LogP contribution is -2.69. The largest absolute Gasteiger partial charge is 0.458 e. The van der Waals surface area contributed by atoms with Crippen molar-refractivity contribution in [2.45, 2.75) is 58.0 Å². The molecule has 1 aliphatic heterocycles. The van der Waals surface area contributed by atoms with Gasteiger partial charge in [0.25, 0.3) is 0 Å². The lowest BCUT2D eigenvalue weighted by molar-refractivity contribution is -0.211. The third-order valence-electron chi connectivity index (χ3n) is 12.0. The summed E-state index contributed by atoms with van der Waals surface area (Å²) in [6.07, 6.45) is 1.09. The van der Waals surface area contributed by atoms with Gasteiger partial charge in [-0.15, -0.1) is 0 Å². The maximum absolute atomic E-state index is 17.7. The van der Waals surface area contributed by atoms with E-state index in [4.69, 9.17) is 9.72 Å². The molecule has 2 heterocycles. The van der Waals surface area contributed by atoms with Crippen LogP contribution in [0.25, 0.3) is 10.9 Å². The van der Waals surface area contributed by atoms with Crippen molar-refractivity contribution in [3.63, 3.8) is 0 Å². The van der Waals surface area contributed by atoms with E-state index >= 15 is 8.78 Å². The molecule has 4 fully saturated rings. The Kier molecular flexibility index (Phi) is 6.11. The highest BCUT2D eigenvalue weighted by Gasteiger charge is 2.78. The van der Waals surface area contributed by atoms with Gasteiger partial charge in [-0.25, -0.2) is 13.8 Å². The molecule has 0 spiro atoms. The van der Waals surface area contributed by atoms with Gasteiger partial charge in [0.2, 0.25) is 0 Å². The number of pyridine rings is 1. The first-order chi connectivity index (χ1) is 20.3. The SMILES string of the molecule is CC(=O)OCC(=O)[C@@]12CN(c3ccc4ccccc4n3)C[C@@H]1CC1[C@@H]3C[C@H](F)C4=CC(=O)C=C[C@]4(C)[C@@]3(F)[C@@H](O)C[C@@]12C. The second kappa shape index (κ2) is 9.27. The van der Waals surface area contributed by atoms with E-state index < -0.39 is 58.6 Å². The lowest BCUT2D eigenvalue weighted by Gasteiger charge is -2.63. The van der Waals surface area contributed by atoms with Gasteiger partial charge in [-0.2, -0.15) is 0 Å². The van der Waals surface area contributed by atoms with Gasteiger partial charge >= 0.3 is 5.97 Å². The predicted molar refractivity (Wildman–Crippen MR) is 156 cm³/mol. The van der Waals surface area contributed by atoms with E-state index in [1.807, 2.05) is 43.3 Å². The molecule has 1 saturated heterocycles. The number of rotatable bonds is 4. The van der Waals surface area contributed by atoms with Gasteiger partial charge in [0.1, 0.15) is 12.0 Å². The second-order valence-electron chi connectivity index (χ2n) is 13.7. The van der Waals surface area contributed by atoms with E-state index in [9.17, 15) is 19.5 Å². The Morgan fingerprint density at radius 1 is 1.14 bits per heavy atom. The summed E-state index contributed by atoms with van der Waals surface area (Å²) in [5, 5.41) is 12.8. The Labute approximate surface area is 249 Å². The Morgan fingerprint density at radius 2 is 1.91 bits per heavy atom. The van der Waals surface area contributed by atoms with Crippen molar-refractivity contribution >= 4 is 34.3 Å². The number of alkyl halides is 2. The van der Waals surface area contributed by atoms with Gasteiger partial charge < -0.3 is 14.7 Å². The molecule has 5 aliphatic rings. The molecule has 43 heavy (non-hydrogen) atoms. The zero-order valence-corrected chi connectivity index (χ0v) is 24.6. The smallest absolute Gasteiger partial charge is 0.303 e. The lowest BCUT2D eigenvalue weighted by atomic mass is 9.43. The van der Waals surface area contributed by atoms with Crippen molar-refractivity contribution in [1.29, 1.82) is 0 Å². The number of benzene rings is 1. The summed E-state index contributed by atoms with van der Waals surface area (Å²) < 4.78 is 38.8. The molecule has 0 bridgehead atoms. The number of ether oxygens (including phenoxy) is 1. The van der Waals surface area contributed by atoms with E-state index in [1.54, 1.807) is 6.92 Å². The molecule has 1 unspecified atom stereocenters. The quantitative estimate of drug-likeness (QED) is 0.515. The van der Waals surface area contributed by atoms with E-state index in [2.05, 4.69) is 4.90 Å². The number of halogens is 2. The van der Waals surface area contributed by atoms with Crippen molar-refractivity contribution in [3.8, 4) is 0 Å². The third-order valence-corrected chi connectivity index (χ3v) is 12.0. The Hall–Kier alpha value is -3.46. The molecule has 7 nitrogen and oxygen atoms in total. The number of nitrogens with zero attached hydrogens (tertiary/aromatic N) is 2. The Balaban J connectivity index is 1.31. The monoisotopic (exact) mass is 590 g/mol. The van der Waals surface area contributed by atoms with Crippen molar-refractivity contribution in [2.75, 3.05) is 24.6 Å². The fourth-order valence-corrected chi connectivity index (χ4v) is 9.98. The number of hydrogen-bond donors (Lipinski definition) is 1. The zero-order valence-electron chi connectivity index (χ0n) is 24.6. The van der Waals surface area contributed by atoms with Gasteiger partial charge in [0.05, 0.1) is 17.0 Å². The molecule has 4 aliphatic carbocycles. The van der Waals surface area contributed by atoms with Gasteiger partial charge in [0.15, 0.2) is 23.8 Å². The van der Waals surface area contributed by atoms with Crippen LogP contribution >= 0.6 is 0 Å². The minimum absolute atomic E-state index is 0.0203. The third kappa shape index (κ3) is 3.60. The highest BCUT2D eigenvalue weighted by atomic mass is 19.1. The normalized spacial score (nSPS) is 41.3. The summed E-state index contributed by atoms with van der Waals surface area (Å²) >= 11 is 0. The molecular formula is C34H36F2N2O5. The molecule has 1 aromatic heterocycles. The summed E-state index contributed by atoms with van der Waals surface area (Å²) in [7, 11) is 0. The molecule has 7 rings (SSSR count). The molecule has 2 aromatic rings. The zero-order chi connectivity index (χ0) is 30.5. The molecule has 0 amide bonds. The first-order valence-corrected chi connectivity index (χ1v) is 15.1. The van der Waals surface area contributed by atoms with Crippen LogP contribution in [0.15, 0.2) is 60.2 Å². The Morgan fingerprint density at radius 3 is 2.67 bits per heavy atom. The van der Waals surface area contributed by atoms with Gasteiger partial charge in [-0.05, 0) is 79.4 Å². The van der Waals surface area contributed by atoms with Crippen LogP contribution in [0.5, 0.6) is 0 Å². The number of aromatic nitrogens is 1. The first kappa shape index (κ1) is 28.3. The number of esters is 1. The number of hydrogen-bond acceptors (Lipinski definition) is 7. The minimum atomic E-state index is -2.22. The highest BCUT2D eigenvalue weighted by molar-refractivity contribution is 6.01. The standard InChI is InChI=1S/C34H36F2N2O5/c1-19(39)43-17-29(42)33-18-38(30-9-8-20-6-4-5-7-27(20)37-30)16-21(33)12-23-24-14-26(35)25-13-22(40)10-11-31(25,2)34(24,36)28(41)15-32(23,33)3/h4-11,13,21,23-24,26,28,41H,12,14-18H2,1-3H3/t21-,23?,24-,26-,28-,31-,32-,33+,34-/m0/s1. The maximum atomic E-state index is 17.7. The number of Topliss-reactive ketones (excluding diaryl/α,β-unsaturated/α-hetero) is 1. The molecule has 0 radical (unpaired) electrons. The molecule has 226 valence electrons. The number of carbonyl (C=O) groups is 3. The van der Waals surface area contributed by atoms with E-state index in [1.165, 1.54) is 25.2 Å². The average molecular weight is 591 g/mol. The highest BCUT2D eigenvalue weighted by Crippen LogP contribution is 2.74. The number of fused-ring (bicyclic) bond motifs is 8. The van der Waals surface area contributed by atoms with Crippen LogP contribution in [-0.2, 0) is 19.1 Å². The topological polar surface area (TPSA) is 96.8 Å². The number of ketones is 2. The van der Waals surface area contributed by atoms with Crippen LogP contribution in [0.4, 0.5) is 14.6 Å². The van der Waals surface area contributed by atoms with Gasteiger partial charge in [-0.3, -0.25) is 14.4 Å². The van der Waals surface area contributed by atoms with E-state index in [-0.39, 0.29) is 42.4 Å². The molecule has 1 N–H and O–H groups in total. The van der Waals surface area contributed by atoms with E-state index in [0.717, 1.165) is 10.9 Å². The average Bonchev–Trinajstić information content (AvgIpc) is 3.47. The van der Waals surface area contributed by atoms with Gasteiger partial charge in [0, 0.05) is 36.7 Å². The van der Waals surface area contributed by atoms with Crippen LogP contribution in [0.3, 0.4) is 0 Å². The number of aliphatic hydroxyl groups is 1. The fourth-order valence-electron chi connectivity index (χ4n) is 9.98. The number of anilines is 1. The molecule has 1 aromatic carbocycles. The predicted octanol–water partition coefficient (Wildman–Crippen LogP) is 4.72. The summed E-state index contributed by atoms with van der Waals surface area (Å²) in [5.74, 6) is -2.06. The molecule has 9 atom stereocenters. The van der Waals surface area contributed by atoms with Crippen LogP contribution < -0.4 is 4.90 Å². The molecule has 9 heteroatoms. The summed E-state index contributed by atoms with van der Waals surface area (Å²) in [6.45, 7) is 5.09. The van der Waals surface area contributed by atoms with E-state index in [0.29, 0.717) is 18.8 Å². The Bertz CT molecular complexity index is 1620. The van der Waals surface area contributed by atoms with Crippen LogP contribution in [0.2, 0.25) is 0 Å². The molecular weight excluding hydrogens is 554 g/mol. The number of aliphatic hydroxyl groups excluding tert-OH is 1. The van der Waals surface area contributed by atoms with Crippen molar-refractivity contribution in [2.24, 2.45) is 34.0 Å². The van der Waals surface area contributed by atoms with Crippen LogP contribution in [-0.4, -0.2) is 65.3 Å². The maximum Gasteiger partial charge on any atom is 0.303 e. The van der Waals surface area contributed by atoms with Crippen molar-refractivity contribution in [3.05, 3.63) is 60.2 Å². The first-order valence-electron chi connectivity index (χ1n) is 15.1. The summed E-state index contributed by atoms with van der Waals surface area (Å²) in [6, 6.07) is 11.7. The summed E-state index contributed by atoms with van der Waals surface area (Å²) in [5.41, 5.74) is -4.80. The van der Waals surface area contributed by atoms with Crippen LogP contribution in [0, 0.1) is 34.0 Å². The number of para-hydroxylation sites is 1. The number of allylic oxidation sites excluding steroid dienone is 4. The fraction of sp³-hybridized carbons (Fsp3) is 0.529. The van der Waals surface area contributed by atoms with Gasteiger partial charge in [-0.1, -0.05) is 31.2 Å². The second-order valence-corrected chi connectivity index (χ2v) is 13.7. The minimum Gasteiger partial charge on any atom is -0.458 e. The summed E-state index contributed by atoms with van der Waals surface area (Å²) in [4.78, 5) is 45.2. The van der Waals surface area contributed by atoms with Crippen molar-refractivity contribution in [1.82, 2.24) is 4.98 Å². The number of carbonyl (C=O) groups excluding carboxylic acids is 3. The van der Waals surface area contributed by atoms with Crippen molar-refractivity contribution < 1.29 is 33.0 Å². The molecule has 3 saturated carbocycles.